The van der Waals surface area contributed by atoms with Crippen molar-refractivity contribution >= 4 is 5.97 Å². The lowest BCUT2D eigenvalue weighted by molar-refractivity contribution is -0.137. The highest BCUT2D eigenvalue weighted by Gasteiger charge is 2.34. The third-order valence-corrected chi connectivity index (χ3v) is 2.35. The van der Waals surface area contributed by atoms with Gasteiger partial charge in [-0.2, -0.15) is 23.0 Å². The number of carboxylic acid groups (broad SMARTS) is 1. The highest BCUT2D eigenvalue weighted by molar-refractivity contribution is 5.85. The highest BCUT2D eigenvalue weighted by Crippen LogP contribution is 2.34. The van der Waals surface area contributed by atoms with Gasteiger partial charge < -0.3 is 10.2 Å². The van der Waals surface area contributed by atoms with E-state index in [9.17, 15) is 23.1 Å². The number of hydrogen-bond donors (Lipinski definition) is 2. The van der Waals surface area contributed by atoms with E-state index >= 15 is 0 Å². The van der Waals surface area contributed by atoms with Crippen molar-refractivity contribution in [3.63, 3.8) is 0 Å². The number of carbonyl (C=O) groups is 1. The molecule has 0 aliphatic rings. The van der Waals surface area contributed by atoms with Gasteiger partial charge in [-0.15, -0.1) is 0 Å². The molecule has 1 heterocycles. The number of benzene rings is 1. The minimum absolute atomic E-state index is 0.444. The fourth-order valence-electron chi connectivity index (χ4n) is 1.55. The Labute approximate surface area is 104 Å². The van der Waals surface area contributed by atoms with Crippen LogP contribution in [0.3, 0.4) is 0 Å². The van der Waals surface area contributed by atoms with Gasteiger partial charge in [0.1, 0.15) is 0 Å². The number of aromatic nitrogens is 2. The van der Waals surface area contributed by atoms with Gasteiger partial charge in [0, 0.05) is 6.07 Å². The van der Waals surface area contributed by atoms with E-state index in [1.807, 2.05) is 0 Å². The summed E-state index contributed by atoms with van der Waals surface area (Å²) in [6, 6.07) is 5.19. The van der Waals surface area contributed by atoms with Crippen molar-refractivity contribution in [1.82, 2.24) is 9.78 Å². The number of para-hydroxylation sites is 1. The Morgan fingerprint density at radius 1 is 1.26 bits per heavy atom. The van der Waals surface area contributed by atoms with Gasteiger partial charge in [0.2, 0.25) is 5.88 Å². The van der Waals surface area contributed by atoms with Crippen LogP contribution < -0.4 is 0 Å². The second-order valence-electron chi connectivity index (χ2n) is 3.62. The van der Waals surface area contributed by atoms with E-state index < -0.39 is 35.0 Å². The monoisotopic (exact) mass is 272 g/mol. The molecule has 1 aromatic heterocycles. The van der Waals surface area contributed by atoms with Crippen molar-refractivity contribution in [1.29, 1.82) is 0 Å². The van der Waals surface area contributed by atoms with Crippen molar-refractivity contribution in [2.75, 3.05) is 0 Å². The molecule has 0 spiro atoms. The second kappa shape index (κ2) is 4.30. The number of nitrogens with zero attached hydrogens (tertiary/aromatic N) is 2. The largest absolute Gasteiger partial charge is 0.493 e. The smallest absolute Gasteiger partial charge is 0.418 e. The van der Waals surface area contributed by atoms with Crippen molar-refractivity contribution in [3.05, 3.63) is 41.6 Å². The molecule has 0 bridgehead atoms. The fraction of sp³-hybridized carbons (Fsp3) is 0.0909. The first kappa shape index (κ1) is 12.9. The van der Waals surface area contributed by atoms with Gasteiger partial charge in [-0.1, -0.05) is 12.1 Å². The summed E-state index contributed by atoms with van der Waals surface area (Å²) in [4.78, 5) is 10.7. The average molecular weight is 272 g/mol. The molecule has 0 saturated carbocycles. The van der Waals surface area contributed by atoms with Crippen LogP contribution in [0.5, 0.6) is 5.88 Å². The summed E-state index contributed by atoms with van der Waals surface area (Å²) >= 11 is 0. The highest BCUT2D eigenvalue weighted by atomic mass is 19.4. The first-order valence-corrected chi connectivity index (χ1v) is 4.99. The predicted octanol–water partition coefficient (Wildman–Crippen LogP) is 2.29. The van der Waals surface area contributed by atoms with Gasteiger partial charge in [-0.25, -0.2) is 4.79 Å². The molecule has 0 aliphatic carbocycles. The Balaban J connectivity index is 2.63. The molecule has 0 radical (unpaired) electrons. The van der Waals surface area contributed by atoms with Crippen LogP contribution in [0.25, 0.3) is 5.69 Å². The molecular formula is C11H7F3N2O3. The van der Waals surface area contributed by atoms with E-state index in [0.717, 1.165) is 18.2 Å². The summed E-state index contributed by atoms with van der Waals surface area (Å²) in [5.41, 5.74) is -2.01. The van der Waals surface area contributed by atoms with Crippen LogP contribution in [0.1, 0.15) is 16.1 Å². The lowest BCUT2D eigenvalue weighted by atomic mass is 10.1. The molecule has 2 rings (SSSR count). The van der Waals surface area contributed by atoms with E-state index in [4.69, 9.17) is 5.11 Å². The first-order chi connectivity index (χ1) is 8.80. The molecule has 2 N–H and O–H groups in total. The maximum atomic E-state index is 12.8. The van der Waals surface area contributed by atoms with Crippen LogP contribution in [0.2, 0.25) is 0 Å². The van der Waals surface area contributed by atoms with Gasteiger partial charge in [0.25, 0.3) is 0 Å². The van der Waals surface area contributed by atoms with Crippen LogP contribution in [0, 0.1) is 0 Å². The maximum absolute atomic E-state index is 12.8. The molecule has 0 atom stereocenters. The van der Waals surface area contributed by atoms with Crippen LogP contribution in [0.15, 0.2) is 30.3 Å². The van der Waals surface area contributed by atoms with Gasteiger partial charge >= 0.3 is 12.1 Å². The van der Waals surface area contributed by atoms with E-state index in [-0.39, 0.29) is 0 Å². The molecular weight excluding hydrogens is 265 g/mol. The number of hydrogen-bond acceptors (Lipinski definition) is 3. The number of halogens is 3. The Bertz CT molecular complexity index is 634. The Morgan fingerprint density at radius 2 is 1.89 bits per heavy atom. The molecule has 0 fully saturated rings. The summed E-state index contributed by atoms with van der Waals surface area (Å²) in [5, 5.41) is 21.6. The van der Waals surface area contributed by atoms with Gasteiger partial charge in [-0.3, -0.25) is 0 Å². The SMILES string of the molecule is O=C(O)c1cc(O)n(-c2ccccc2C(F)(F)F)n1. The standard InChI is InChI=1S/C11H7F3N2O3/c12-11(13,14)6-3-1-2-4-8(6)16-9(17)5-7(15-16)10(18)19/h1-5,17H,(H,18,19). The molecule has 0 unspecified atom stereocenters. The summed E-state index contributed by atoms with van der Waals surface area (Å²) < 4.78 is 38.9. The molecule has 5 nitrogen and oxygen atoms in total. The number of alkyl halides is 3. The van der Waals surface area contributed by atoms with E-state index in [0.29, 0.717) is 4.68 Å². The summed E-state index contributed by atoms with van der Waals surface area (Å²) in [6.07, 6.45) is -4.64. The Hall–Kier alpha value is -2.51. The third kappa shape index (κ3) is 2.37. The Morgan fingerprint density at radius 3 is 2.42 bits per heavy atom. The van der Waals surface area contributed by atoms with E-state index in [1.165, 1.54) is 12.1 Å². The van der Waals surface area contributed by atoms with Crippen LogP contribution >= 0.6 is 0 Å². The van der Waals surface area contributed by atoms with Crippen molar-refractivity contribution in [3.8, 4) is 11.6 Å². The molecule has 0 saturated heterocycles. The molecule has 1 aromatic carbocycles. The summed E-state index contributed by atoms with van der Waals surface area (Å²) in [6.45, 7) is 0. The molecule has 19 heavy (non-hydrogen) atoms. The molecule has 100 valence electrons. The molecule has 0 aliphatic heterocycles. The van der Waals surface area contributed by atoms with Crippen LogP contribution in [0.4, 0.5) is 13.2 Å². The Kier molecular flexibility index (Phi) is 2.93. The summed E-state index contributed by atoms with van der Waals surface area (Å²) in [7, 11) is 0. The van der Waals surface area contributed by atoms with Gasteiger partial charge in [0.15, 0.2) is 5.69 Å². The normalized spacial score (nSPS) is 11.5. The first-order valence-electron chi connectivity index (χ1n) is 4.99. The minimum atomic E-state index is -4.64. The van der Waals surface area contributed by atoms with E-state index in [2.05, 4.69) is 5.10 Å². The third-order valence-electron chi connectivity index (χ3n) is 2.35. The minimum Gasteiger partial charge on any atom is -0.493 e. The second-order valence-corrected chi connectivity index (χ2v) is 3.62. The fourth-order valence-corrected chi connectivity index (χ4v) is 1.55. The predicted molar refractivity (Wildman–Crippen MR) is 57.2 cm³/mol. The quantitative estimate of drug-likeness (QED) is 0.879. The van der Waals surface area contributed by atoms with Gasteiger partial charge in [0.05, 0.1) is 11.3 Å². The van der Waals surface area contributed by atoms with Crippen molar-refractivity contribution < 1.29 is 28.2 Å². The van der Waals surface area contributed by atoms with E-state index in [1.54, 1.807) is 0 Å². The molecule has 0 amide bonds. The zero-order valence-electron chi connectivity index (χ0n) is 9.22. The van der Waals surface area contributed by atoms with Gasteiger partial charge in [-0.05, 0) is 12.1 Å². The van der Waals surface area contributed by atoms with Crippen molar-refractivity contribution in [2.24, 2.45) is 0 Å². The summed E-state index contributed by atoms with van der Waals surface area (Å²) in [5.74, 6) is -2.13. The van der Waals surface area contributed by atoms with Crippen molar-refractivity contribution in [2.45, 2.75) is 6.18 Å². The lowest BCUT2D eigenvalue weighted by Gasteiger charge is -2.12. The number of aromatic hydroxyl groups is 1. The average Bonchev–Trinajstić information content (AvgIpc) is 2.70. The van der Waals surface area contributed by atoms with Crippen LogP contribution in [-0.4, -0.2) is 26.0 Å². The molecule has 8 heteroatoms. The maximum Gasteiger partial charge on any atom is 0.418 e. The zero-order chi connectivity index (χ0) is 14.2. The number of rotatable bonds is 2. The zero-order valence-corrected chi connectivity index (χ0v) is 9.22. The topological polar surface area (TPSA) is 75.3 Å². The van der Waals surface area contributed by atoms with Crippen LogP contribution in [-0.2, 0) is 6.18 Å². The number of carboxylic acids is 1. The lowest BCUT2D eigenvalue weighted by Crippen LogP contribution is -2.11. The molecule has 2 aromatic rings. The number of aromatic carboxylic acids is 1.